The van der Waals surface area contributed by atoms with Gasteiger partial charge in [-0.3, -0.25) is 9.59 Å². The van der Waals surface area contributed by atoms with E-state index in [9.17, 15) is 9.59 Å². The number of amides is 1. The molecule has 116 valence electrons. The van der Waals surface area contributed by atoms with Crippen molar-refractivity contribution in [1.29, 1.82) is 0 Å². The van der Waals surface area contributed by atoms with E-state index in [-0.39, 0.29) is 11.8 Å². The number of aryl methyl sites for hydroxylation is 1. The Kier molecular flexibility index (Phi) is 5.81. The van der Waals surface area contributed by atoms with Gasteiger partial charge in [-0.1, -0.05) is 6.92 Å². The van der Waals surface area contributed by atoms with Gasteiger partial charge in [-0.25, -0.2) is 0 Å². The van der Waals surface area contributed by atoms with Gasteiger partial charge in [-0.05, 0) is 53.2 Å². The number of piperidine rings is 1. The third-order valence-electron chi connectivity index (χ3n) is 3.80. The number of carboxylic acids is 1. The molecule has 2 unspecified atom stereocenters. The molecule has 1 aromatic heterocycles. The molecule has 1 aliphatic rings. The van der Waals surface area contributed by atoms with Crippen molar-refractivity contribution in [2.75, 3.05) is 13.1 Å². The summed E-state index contributed by atoms with van der Waals surface area (Å²) in [4.78, 5) is 26.4. The molecule has 1 aromatic rings. The Bertz CT molecular complexity index is 517. The summed E-state index contributed by atoms with van der Waals surface area (Å²) >= 11 is 5.12. The Labute approximate surface area is 137 Å². The molecule has 0 bridgehead atoms. The summed E-state index contributed by atoms with van der Waals surface area (Å²) < 4.78 is 1.11. The van der Waals surface area contributed by atoms with Crippen LogP contribution >= 0.6 is 27.3 Å². The van der Waals surface area contributed by atoms with Crippen molar-refractivity contribution in [2.24, 2.45) is 11.8 Å². The minimum absolute atomic E-state index is 0.0865. The summed E-state index contributed by atoms with van der Waals surface area (Å²) in [7, 11) is 0. The molecule has 1 N–H and O–H groups in total. The van der Waals surface area contributed by atoms with Crippen LogP contribution in [0.3, 0.4) is 0 Å². The van der Waals surface area contributed by atoms with E-state index in [1.54, 1.807) is 16.2 Å². The van der Waals surface area contributed by atoms with Crippen LogP contribution in [-0.2, 0) is 16.0 Å². The van der Waals surface area contributed by atoms with E-state index in [0.29, 0.717) is 25.9 Å². The second kappa shape index (κ2) is 7.40. The predicted octanol–water partition coefficient (Wildman–Crippen LogP) is 3.40. The molecule has 1 aliphatic heterocycles. The van der Waals surface area contributed by atoms with Gasteiger partial charge in [0.15, 0.2) is 0 Å². The molecule has 2 heterocycles. The van der Waals surface area contributed by atoms with Crippen molar-refractivity contribution >= 4 is 39.1 Å². The quantitative estimate of drug-likeness (QED) is 0.860. The van der Waals surface area contributed by atoms with Crippen molar-refractivity contribution in [1.82, 2.24) is 4.90 Å². The van der Waals surface area contributed by atoms with E-state index in [0.717, 1.165) is 16.6 Å². The van der Waals surface area contributed by atoms with Crippen molar-refractivity contribution in [2.45, 2.75) is 32.6 Å². The van der Waals surface area contributed by atoms with Crippen LogP contribution in [0.15, 0.2) is 15.9 Å². The molecule has 0 saturated carbocycles. The maximum atomic E-state index is 12.2. The monoisotopic (exact) mass is 373 g/mol. The Balaban J connectivity index is 1.80. The second-order valence-corrected chi connectivity index (χ2v) is 8.28. The molecule has 1 amide bonds. The van der Waals surface area contributed by atoms with Gasteiger partial charge in [0.25, 0.3) is 0 Å². The minimum atomic E-state index is -0.789. The lowest BCUT2D eigenvalue weighted by Crippen LogP contribution is -2.45. The highest BCUT2D eigenvalue weighted by atomic mass is 79.9. The van der Waals surface area contributed by atoms with Gasteiger partial charge in [0.2, 0.25) is 5.91 Å². The van der Waals surface area contributed by atoms with E-state index in [1.165, 1.54) is 4.88 Å². The molecule has 0 radical (unpaired) electrons. The molecule has 0 aromatic carbocycles. The lowest BCUT2D eigenvalue weighted by molar-refractivity contribution is -0.146. The Hall–Kier alpha value is -0.880. The van der Waals surface area contributed by atoms with E-state index in [4.69, 9.17) is 5.11 Å². The summed E-state index contributed by atoms with van der Waals surface area (Å²) in [5.74, 6) is -0.853. The maximum absolute atomic E-state index is 12.2. The van der Waals surface area contributed by atoms with Gasteiger partial charge < -0.3 is 10.0 Å². The van der Waals surface area contributed by atoms with Gasteiger partial charge >= 0.3 is 5.97 Å². The molecule has 0 spiro atoms. The van der Waals surface area contributed by atoms with Crippen LogP contribution in [0.5, 0.6) is 0 Å². The van der Waals surface area contributed by atoms with E-state index >= 15 is 0 Å². The Morgan fingerprint density at radius 3 is 2.81 bits per heavy atom. The average Bonchev–Trinajstić information content (AvgIpc) is 2.83. The molecule has 2 atom stereocenters. The number of hydrogen-bond donors (Lipinski definition) is 1. The third kappa shape index (κ3) is 4.81. The SMILES string of the molecule is CC1CC(C(=O)O)CN(C(=O)CCCc2ccc(Br)s2)C1. The standard InChI is InChI=1S/C15H20BrNO3S/c1-10-7-11(15(19)20)9-17(8-10)14(18)4-2-3-12-5-6-13(16)21-12/h5-6,10-11H,2-4,7-9H2,1H3,(H,19,20). The number of nitrogens with zero attached hydrogens (tertiary/aromatic N) is 1. The summed E-state index contributed by atoms with van der Waals surface area (Å²) in [5.41, 5.74) is 0. The highest BCUT2D eigenvalue weighted by Gasteiger charge is 2.31. The average molecular weight is 374 g/mol. The molecule has 4 nitrogen and oxygen atoms in total. The second-order valence-electron chi connectivity index (χ2n) is 5.73. The highest BCUT2D eigenvalue weighted by Crippen LogP contribution is 2.25. The number of thiophene rings is 1. The number of carbonyl (C=O) groups excluding carboxylic acids is 1. The molecule has 2 rings (SSSR count). The van der Waals surface area contributed by atoms with Gasteiger partial charge in [0.05, 0.1) is 9.70 Å². The van der Waals surface area contributed by atoms with E-state index < -0.39 is 11.9 Å². The van der Waals surface area contributed by atoms with Crippen molar-refractivity contribution < 1.29 is 14.7 Å². The zero-order valence-corrected chi connectivity index (χ0v) is 14.5. The lowest BCUT2D eigenvalue weighted by atomic mass is 9.90. The number of rotatable bonds is 5. The van der Waals surface area contributed by atoms with Gasteiger partial charge in [0.1, 0.15) is 0 Å². The summed E-state index contributed by atoms with van der Waals surface area (Å²) in [6, 6.07) is 4.09. The van der Waals surface area contributed by atoms with Gasteiger partial charge in [-0.2, -0.15) is 0 Å². The molecule has 1 fully saturated rings. The van der Waals surface area contributed by atoms with Crippen LogP contribution in [0.25, 0.3) is 0 Å². The molecule has 1 saturated heterocycles. The minimum Gasteiger partial charge on any atom is -0.481 e. The molecular formula is C15H20BrNO3S. The van der Waals surface area contributed by atoms with Crippen LogP contribution in [0.2, 0.25) is 0 Å². The fourth-order valence-corrected chi connectivity index (χ4v) is 4.32. The molecule has 21 heavy (non-hydrogen) atoms. The third-order valence-corrected chi connectivity index (χ3v) is 5.49. The van der Waals surface area contributed by atoms with Crippen LogP contribution < -0.4 is 0 Å². The Morgan fingerprint density at radius 2 is 2.19 bits per heavy atom. The zero-order chi connectivity index (χ0) is 15.4. The number of carbonyl (C=O) groups is 2. The number of halogens is 1. The van der Waals surface area contributed by atoms with Gasteiger partial charge in [-0.15, -0.1) is 11.3 Å². The normalized spacial score (nSPS) is 22.3. The number of likely N-dealkylation sites (tertiary alicyclic amines) is 1. The van der Waals surface area contributed by atoms with E-state index in [1.807, 2.05) is 13.0 Å². The van der Waals surface area contributed by atoms with Crippen LogP contribution in [0, 0.1) is 11.8 Å². The van der Waals surface area contributed by atoms with Crippen LogP contribution in [0.1, 0.15) is 31.1 Å². The largest absolute Gasteiger partial charge is 0.481 e. The van der Waals surface area contributed by atoms with Crippen molar-refractivity contribution in [3.8, 4) is 0 Å². The summed E-state index contributed by atoms with van der Waals surface area (Å²) in [6.07, 6.45) is 2.87. The smallest absolute Gasteiger partial charge is 0.308 e. The maximum Gasteiger partial charge on any atom is 0.308 e. The van der Waals surface area contributed by atoms with Crippen molar-refractivity contribution in [3.05, 3.63) is 20.8 Å². The first-order valence-corrected chi connectivity index (χ1v) is 8.81. The van der Waals surface area contributed by atoms with Crippen LogP contribution in [-0.4, -0.2) is 35.0 Å². The van der Waals surface area contributed by atoms with Gasteiger partial charge in [0, 0.05) is 24.4 Å². The first-order valence-electron chi connectivity index (χ1n) is 7.20. The summed E-state index contributed by atoms with van der Waals surface area (Å²) in [5, 5.41) is 9.14. The van der Waals surface area contributed by atoms with E-state index in [2.05, 4.69) is 22.0 Å². The predicted molar refractivity (Wildman–Crippen MR) is 86.4 cm³/mol. The molecule has 6 heteroatoms. The summed E-state index contributed by atoms with van der Waals surface area (Å²) in [6.45, 7) is 3.06. The molecule has 0 aliphatic carbocycles. The topological polar surface area (TPSA) is 57.6 Å². The Morgan fingerprint density at radius 1 is 1.43 bits per heavy atom. The lowest BCUT2D eigenvalue weighted by Gasteiger charge is -2.34. The first kappa shape index (κ1) is 16.5. The number of carboxylic acid groups (broad SMARTS) is 1. The van der Waals surface area contributed by atoms with Crippen molar-refractivity contribution in [3.63, 3.8) is 0 Å². The fourth-order valence-electron chi connectivity index (χ4n) is 2.79. The number of aliphatic carboxylic acids is 1. The molecular weight excluding hydrogens is 354 g/mol. The fraction of sp³-hybridized carbons (Fsp3) is 0.600. The highest BCUT2D eigenvalue weighted by molar-refractivity contribution is 9.11. The first-order chi connectivity index (χ1) is 9.95. The van der Waals surface area contributed by atoms with Crippen LogP contribution in [0.4, 0.5) is 0 Å². The zero-order valence-electron chi connectivity index (χ0n) is 12.0. The number of hydrogen-bond acceptors (Lipinski definition) is 3.